The molecule has 1 saturated heterocycles. The zero-order valence-electron chi connectivity index (χ0n) is 43.1. The van der Waals surface area contributed by atoms with Crippen LogP contribution in [0.5, 0.6) is 23.0 Å². The summed E-state index contributed by atoms with van der Waals surface area (Å²) in [7, 11) is 9.91. The lowest BCUT2D eigenvalue weighted by atomic mass is 9.85. The van der Waals surface area contributed by atoms with Crippen molar-refractivity contribution < 1.29 is 57.8 Å². The Kier molecular flexibility index (Phi) is 21.2. The van der Waals surface area contributed by atoms with Gasteiger partial charge in [0.15, 0.2) is 35.0 Å². The summed E-state index contributed by atoms with van der Waals surface area (Å²) in [6.07, 6.45) is 5.45. The molecule has 4 aliphatic rings. The first-order valence-corrected chi connectivity index (χ1v) is 30.0. The van der Waals surface area contributed by atoms with Crippen LogP contribution in [0.1, 0.15) is 139 Å². The van der Waals surface area contributed by atoms with Crippen molar-refractivity contribution in [2.24, 2.45) is 5.92 Å². The van der Waals surface area contributed by atoms with E-state index in [4.69, 9.17) is 28.4 Å². The molecule has 2 aromatic carbocycles. The quantitative estimate of drug-likeness (QED) is 0.0271. The zero-order chi connectivity index (χ0) is 52.2. The third kappa shape index (κ3) is 13.5. The van der Waals surface area contributed by atoms with Crippen LogP contribution in [0.2, 0.25) is 0 Å². The lowest BCUT2D eigenvalue weighted by Gasteiger charge is -2.41. The van der Waals surface area contributed by atoms with Crippen LogP contribution in [0, 0.1) is 5.92 Å². The number of aliphatic hydroxyl groups is 2. The number of rotatable bonds is 28. The minimum absolute atomic E-state index is 0.164. The van der Waals surface area contributed by atoms with Crippen molar-refractivity contribution in [2.45, 2.75) is 146 Å². The fraction of sp³-hybridized carbons (Fsp3) is 0.623. The number of ketones is 1. The number of fused-ring (bicyclic) bond motifs is 2. The van der Waals surface area contributed by atoms with E-state index in [-0.39, 0.29) is 82.4 Å². The fourth-order valence-corrected chi connectivity index (χ4v) is 14.7. The molecule has 2 heterocycles. The number of anilines is 2. The van der Waals surface area contributed by atoms with Gasteiger partial charge in [-0.2, -0.15) is 0 Å². The fourth-order valence-electron chi connectivity index (χ4n) is 9.31. The summed E-state index contributed by atoms with van der Waals surface area (Å²) in [5.41, 5.74) is 2.40. The molecule has 2 aliphatic carbocycles. The number of allylic oxidation sites excluding steroid dienone is 1. The summed E-state index contributed by atoms with van der Waals surface area (Å²) in [4.78, 5) is 59.8. The molecule has 3 amide bonds. The van der Waals surface area contributed by atoms with Gasteiger partial charge >= 0.3 is 12.2 Å². The second-order valence-electron chi connectivity index (χ2n) is 19.0. The first-order valence-electron chi connectivity index (χ1n) is 25.3. The first-order chi connectivity index (χ1) is 34.6. The topological polar surface area (TPSA) is 174 Å². The number of unbranched alkanes of at least 4 members (excludes halogenated alkanes) is 2. The molecular formula is C53H75N3O12S4. The highest BCUT2D eigenvalue weighted by molar-refractivity contribution is 8.77. The molecule has 6 rings (SSSR count). The second kappa shape index (κ2) is 26.6. The number of methoxy groups -OCH3 is 2. The van der Waals surface area contributed by atoms with Gasteiger partial charge in [0.1, 0.15) is 19.4 Å². The van der Waals surface area contributed by atoms with Crippen molar-refractivity contribution in [3.05, 3.63) is 59.7 Å². The lowest BCUT2D eigenvalue weighted by molar-refractivity contribution is 0.0475. The summed E-state index contributed by atoms with van der Waals surface area (Å²) in [5.74, 6) is 1.94. The number of carbonyl (C=O) groups excluding carboxylic acids is 4. The SMILES string of the molecule is C=C(CC)CC(CC)C(O)N(C(=O)OCC1(SSCC)CCC1)c1cc(OCCCCCOc2cc3c(cc2OC)C(=O)N2CC(=C)CC2C(O)N3C(=O)OCC2(SSCC)CCC2)c(OC)cc1C(C)=O. The van der Waals surface area contributed by atoms with Gasteiger partial charge in [-0.1, -0.05) is 108 Å². The molecule has 3 fully saturated rings. The minimum Gasteiger partial charge on any atom is -0.493 e. The third-order valence-electron chi connectivity index (χ3n) is 14.0. The molecule has 0 aromatic heterocycles. The van der Waals surface area contributed by atoms with E-state index in [0.717, 1.165) is 67.6 Å². The van der Waals surface area contributed by atoms with E-state index in [1.807, 2.05) is 13.8 Å². The predicted molar refractivity (Wildman–Crippen MR) is 292 cm³/mol. The summed E-state index contributed by atoms with van der Waals surface area (Å²) >= 11 is 0. The molecule has 0 spiro atoms. The van der Waals surface area contributed by atoms with E-state index >= 15 is 0 Å². The largest absolute Gasteiger partial charge is 0.493 e. The zero-order valence-corrected chi connectivity index (χ0v) is 46.4. The van der Waals surface area contributed by atoms with Crippen LogP contribution in [0.4, 0.5) is 21.0 Å². The molecule has 15 nitrogen and oxygen atoms in total. The molecule has 0 radical (unpaired) electrons. The van der Waals surface area contributed by atoms with Gasteiger partial charge in [0.2, 0.25) is 0 Å². The van der Waals surface area contributed by atoms with E-state index in [2.05, 4.69) is 27.0 Å². The number of amides is 3. The summed E-state index contributed by atoms with van der Waals surface area (Å²) < 4.78 is 35.6. The van der Waals surface area contributed by atoms with E-state index in [0.29, 0.717) is 55.8 Å². The van der Waals surface area contributed by atoms with E-state index in [1.54, 1.807) is 72.3 Å². The number of benzene rings is 2. The maximum Gasteiger partial charge on any atom is 0.416 e. The average Bonchev–Trinajstić information content (AvgIpc) is 3.72. The van der Waals surface area contributed by atoms with Gasteiger partial charge in [-0.3, -0.25) is 14.5 Å². The molecular weight excluding hydrogens is 999 g/mol. The standard InChI is InChI=1S/C53H75N3O12S4/c1-10-34(5)25-37(11-2)47(58)55(50(61)67-32-52(19-17-20-52)71-69-12-3)40-29-45(43(63-8)27-38(40)36(7)57)65-23-15-14-16-24-66-46-30-41-39(28-44(46)64-9)48(59)54-31-35(6)26-42(54)49(60)56(41)51(62)68-33-53(21-18-22-53)72-70-13-4/h27-30,37,42,47,49,58,60H,5-6,10-26,31-33H2,1-4,7-9H3. The van der Waals surface area contributed by atoms with Crippen molar-refractivity contribution in [3.63, 3.8) is 0 Å². The molecule has 2 N–H and O–H groups in total. The van der Waals surface area contributed by atoms with E-state index in [1.165, 1.54) is 30.9 Å². The van der Waals surface area contributed by atoms with Crippen LogP contribution in [0.25, 0.3) is 0 Å². The molecule has 72 heavy (non-hydrogen) atoms. The number of Topliss-reactive ketones (excluding diaryl/α,β-unsaturated/α-hetero) is 1. The Balaban J connectivity index is 1.16. The smallest absolute Gasteiger partial charge is 0.416 e. The Morgan fingerprint density at radius 2 is 1.43 bits per heavy atom. The number of hydrogen-bond donors (Lipinski definition) is 2. The first kappa shape index (κ1) is 57.4. The minimum atomic E-state index is -1.40. The van der Waals surface area contributed by atoms with Gasteiger partial charge < -0.3 is 43.5 Å². The van der Waals surface area contributed by atoms with Gasteiger partial charge in [-0.05, 0) is 89.7 Å². The molecule has 19 heteroatoms. The van der Waals surface area contributed by atoms with Gasteiger partial charge in [-0.25, -0.2) is 14.5 Å². The summed E-state index contributed by atoms with van der Waals surface area (Å²) in [6, 6.07) is 5.53. The van der Waals surface area contributed by atoms with Crippen LogP contribution >= 0.6 is 43.2 Å². The van der Waals surface area contributed by atoms with Crippen LogP contribution in [0.15, 0.2) is 48.6 Å². The maximum absolute atomic E-state index is 14.3. The maximum atomic E-state index is 14.3. The average molecular weight is 1070 g/mol. The predicted octanol–water partition coefficient (Wildman–Crippen LogP) is 11.9. The number of hydrogen-bond acceptors (Lipinski definition) is 16. The van der Waals surface area contributed by atoms with Crippen LogP contribution < -0.4 is 28.7 Å². The molecule has 4 atom stereocenters. The number of ether oxygens (including phenoxy) is 6. The van der Waals surface area contributed by atoms with Gasteiger partial charge in [0.05, 0.1) is 59.9 Å². The normalized spacial score (nSPS) is 19.4. The summed E-state index contributed by atoms with van der Waals surface area (Å²) in [5, 5.41) is 23.9. The monoisotopic (exact) mass is 1070 g/mol. The van der Waals surface area contributed by atoms with Crippen LogP contribution in [-0.4, -0.2) is 126 Å². The van der Waals surface area contributed by atoms with Gasteiger partial charge in [-0.15, -0.1) is 0 Å². The second-order valence-corrected chi connectivity index (χ2v) is 25.1. The Morgan fingerprint density at radius 1 is 0.847 bits per heavy atom. The molecule has 0 bridgehead atoms. The lowest BCUT2D eigenvalue weighted by Crippen LogP contribution is -2.51. The number of aliphatic hydroxyl groups excluding tert-OH is 2. The highest BCUT2D eigenvalue weighted by Gasteiger charge is 2.48. The molecule has 2 aliphatic heterocycles. The Bertz CT molecular complexity index is 2260. The molecule has 2 saturated carbocycles. The van der Waals surface area contributed by atoms with Crippen molar-refractivity contribution in [1.29, 1.82) is 0 Å². The van der Waals surface area contributed by atoms with Crippen molar-refractivity contribution in [3.8, 4) is 23.0 Å². The van der Waals surface area contributed by atoms with Crippen molar-refractivity contribution in [2.75, 3.05) is 68.5 Å². The molecule has 2 aromatic rings. The molecule has 398 valence electrons. The van der Waals surface area contributed by atoms with Gasteiger partial charge in [0, 0.05) is 41.7 Å². The molecule has 4 unspecified atom stereocenters. The number of nitrogens with zero attached hydrogens (tertiary/aromatic N) is 3. The van der Waals surface area contributed by atoms with Crippen molar-refractivity contribution in [1.82, 2.24) is 4.90 Å². The Labute approximate surface area is 442 Å². The number of carbonyl (C=O) groups is 4. The Morgan fingerprint density at radius 3 is 1.96 bits per heavy atom. The van der Waals surface area contributed by atoms with E-state index in [9.17, 15) is 29.4 Å². The highest BCUT2D eigenvalue weighted by Crippen LogP contribution is 2.51. The third-order valence-corrected chi connectivity index (χ3v) is 20.7. The highest BCUT2D eigenvalue weighted by atomic mass is 33.1. The Hall–Kier alpha value is -3.88. The van der Waals surface area contributed by atoms with E-state index < -0.39 is 36.6 Å². The van der Waals surface area contributed by atoms with Crippen LogP contribution in [0.3, 0.4) is 0 Å². The summed E-state index contributed by atoms with van der Waals surface area (Å²) in [6.45, 7) is 18.9. The van der Waals surface area contributed by atoms with Crippen molar-refractivity contribution >= 4 is 78.4 Å². The van der Waals surface area contributed by atoms with Gasteiger partial charge in [0.25, 0.3) is 5.91 Å². The van der Waals surface area contributed by atoms with Crippen LogP contribution in [-0.2, 0) is 9.47 Å².